The van der Waals surface area contributed by atoms with Gasteiger partial charge in [0, 0.05) is 7.05 Å². The topological polar surface area (TPSA) is 92.5 Å². The first kappa shape index (κ1) is 12.2. The molecule has 0 bridgehead atoms. The van der Waals surface area contributed by atoms with Crippen LogP contribution in [0.5, 0.6) is 0 Å². The molecule has 3 N–H and O–H groups in total. The van der Waals surface area contributed by atoms with Gasteiger partial charge in [-0.25, -0.2) is 13.6 Å². The number of benzene rings is 1. The van der Waals surface area contributed by atoms with Crippen molar-refractivity contribution in [1.82, 2.24) is 5.32 Å². The summed E-state index contributed by atoms with van der Waals surface area (Å²) >= 11 is 5.84. The zero-order valence-corrected chi connectivity index (χ0v) is 10.5. The van der Waals surface area contributed by atoms with Crippen LogP contribution in [-0.4, -0.2) is 28.0 Å². The van der Waals surface area contributed by atoms with Gasteiger partial charge in [0.25, 0.3) is 5.91 Å². The lowest BCUT2D eigenvalue weighted by Crippen LogP contribution is -2.41. The average Bonchev–Trinajstić information content (AvgIpc) is 2.21. The van der Waals surface area contributed by atoms with Gasteiger partial charge in [0.2, 0.25) is 10.0 Å². The number of nitrogens with two attached hydrogens (primary N) is 1. The van der Waals surface area contributed by atoms with Crippen LogP contribution in [0.3, 0.4) is 0 Å². The molecular formula is C9H10ClN3O3S. The molecule has 0 spiro atoms. The molecule has 0 atom stereocenters. The highest BCUT2D eigenvalue weighted by Crippen LogP contribution is 2.31. The molecule has 0 aromatic heterocycles. The maximum Gasteiger partial charge on any atom is 0.254 e. The van der Waals surface area contributed by atoms with E-state index in [-0.39, 0.29) is 21.4 Å². The molecule has 6 nitrogen and oxygen atoms in total. The molecule has 0 radical (unpaired) electrons. The third kappa shape index (κ3) is 2.08. The van der Waals surface area contributed by atoms with Crippen LogP contribution < -0.4 is 15.4 Å². The van der Waals surface area contributed by atoms with E-state index in [1.54, 1.807) is 11.9 Å². The number of primary sulfonamides is 1. The Morgan fingerprint density at radius 1 is 1.47 bits per heavy atom. The minimum Gasteiger partial charge on any atom is -0.356 e. The molecule has 0 fully saturated rings. The van der Waals surface area contributed by atoms with Crippen LogP contribution in [0.4, 0.5) is 5.69 Å². The van der Waals surface area contributed by atoms with Crippen molar-refractivity contribution in [3.63, 3.8) is 0 Å². The number of carbonyl (C=O) groups excluding carboxylic acids is 1. The van der Waals surface area contributed by atoms with Gasteiger partial charge in [-0.05, 0) is 12.1 Å². The van der Waals surface area contributed by atoms with Gasteiger partial charge in [0.15, 0.2) is 0 Å². The molecule has 1 aliphatic heterocycles. The molecule has 92 valence electrons. The van der Waals surface area contributed by atoms with Crippen LogP contribution in [-0.2, 0) is 10.0 Å². The molecule has 1 aromatic rings. The second-order valence-corrected chi connectivity index (χ2v) is 5.64. The molecule has 0 saturated heterocycles. The van der Waals surface area contributed by atoms with Crippen molar-refractivity contribution in [3.8, 4) is 0 Å². The minimum absolute atomic E-state index is 0.00722. The fraction of sp³-hybridized carbons (Fsp3) is 0.222. The van der Waals surface area contributed by atoms with Crippen molar-refractivity contribution in [2.45, 2.75) is 4.90 Å². The monoisotopic (exact) mass is 275 g/mol. The maximum absolute atomic E-state index is 11.6. The molecule has 1 aromatic carbocycles. The van der Waals surface area contributed by atoms with Gasteiger partial charge in [-0.3, -0.25) is 4.79 Å². The summed E-state index contributed by atoms with van der Waals surface area (Å²) in [6.07, 6.45) is 0. The van der Waals surface area contributed by atoms with Crippen molar-refractivity contribution >= 4 is 33.2 Å². The van der Waals surface area contributed by atoms with Crippen LogP contribution in [0.15, 0.2) is 17.0 Å². The molecular weight excluding hydrogens is 266 g/mol. The highest BCUT2D eigenvalue weighted by molar-refractivity contribution is 7.89. The molecule has 8 heteroatoms. The highest BCUT2D eigenvalue weighted by Gasteiger charge is 2.25. The number of sulfonamides is 1. The predicted octanol–water partition coefficient (Wildman–Crippen LogP) is 0.125. The van der Waals surface area contributed by atoms with Crippen LogP contribution in [0.2, 0.25) is 5.02 Å². The van der Waals surface area contributed by atoms with E-state index in [0.29, 0.717) is 12.4 Å². The number of nitrogens with zero attached hydrogens (tertiary/aromatic N) is 1. The lowest BCUT2D eigenvalue weighted by molar-refractivity contribution is 0.0948. The number of anilines is 1. The predicted molar refractivity (Wildman–Crippen MR) is 63.6 cm³/mol. The number of carbonyl (C=O) groups is 1. The third-order valence-electron chi connectivity index (χ3n) is 2.49. The van der Waals surface area contributed by atoms with Crippen LogP contribution in [0.25, 0.3) is 0 Å². The Balaban J connectivity index is 2.71. The van der Waals surface area contributed by atoms with Gasteiger partial charge in [0.05, 0.1) is 22.9 Å². The molecule has 1 amide bonds. The van der Waals surface area contributed by atoms with E-state index in [1.807, 2.05) is 0 Å². The van der Waals surface area contributed by atoms with Gasteiger partial charge in [-0.1, -0.05) is 11.6 Å². The molecule has 1 aliphatic rings. The van der Waals surface area contributed by atoms with E-state index in [4.69, 9.17) is 16.7 Å². The van der Waals surface area contributed by atoms with Crippen LogP contribution in [0, 0.1) is 0 Å². The summed E-state index contributed by atoms with van der Waals surface area (Å²) in [7, 11) is -2.18. The number of amides is 1. The summed E-state index contributed by atoms with van der Waals surface area (Å²) in [6.45, 7) is 0.344. The molecule has 17 heavy (non-hydrogen) atoms. The highest BCUT2D eigenvalue weighted by atomic mass is 35.5. The number of fused-ring (bicyclic) bond motifs is 1. The number of halogens is 1. The summed E-state index contributed by atoms with van der Waals surface area (Å²) in [5, 5.41) is 7.61. The standard InChI is InChI=1S/C9H10ClN3O3S/c1-13-4-12-9(14)5-2-8(17(11,15)16)6(10)3-7(5)13/h2-3H,4H2,1H3,(H,12,14)(H2,11,15,16). The third-order valence-corrected chi connectivity index (χ3v) is 3.86. The minimum atomic E-state index is -3.94. The van der Waals surface area contributed by atoms with E-state index in [9.17, 15) is 13.2 Å². The van der Waals surface area contributed by atoms with Crippen molar-refractivity contribution in [2.75, 3.05) is 18.6 Å². The Morgan fingerprint density at radius 2 is 2.12 bits per heavy atom. The first-order valence-corrected chi connectivity index (χ1v) is 6.59. The quantitative estimate of drug-likeness (QED) is 0.762. The van der Waals surface area contributed by atoms with Gasteiger partial charge >= 0.3 is 0 Å². The van der Waals surface area contributed by atoms with E-state index in [2.05, 4.69) is 5.32 Å². The summed E-state index contributed by atoms with van der Waals surface area (Å²) in [4.78, 5) is 13.1. The van der Waals surface area contributed by atoms with Crippen LogP contribution >= 0.6 is 11.6 Å². The number of nitrogens with one attached hydrogen (secondary N) is 1. The van der Waals surface area contributed by atoms with Gasteiger partial charge in [-0.15, -0.1) is 0 Å². The smallest absolute Gasteiger partial charge is 0.254 e. The number of rotatable bonds is 1. The average molecular weight is 276 g/mol. The molecule has 2 rings (SSSR count). The second kappa shape index (κ2) is 3.86. The zero-order chi connectivity index (χ0) is 12.8. The Hall–Kier alpha value is -1.31. The van der Waals surface area contributed by atoms with Gasteiger partial charge in [0.1, 0.15) is 4.90 Å². The fourth-order valence-electron chi connectivity index (χ4n) is 1.63. The Bertz CT molecular complexity index is 600. The van der Waals surface area contributed by atoms with Crippen molar-refractivity contribution in [2.24, 2.45) is 5.14 Å². The Morgan fingerprint density at radius 3 is 2.71 bits per heavy atom. The fourth-order valence-corrected chi connectivity index (χ4v) is 2.72. The van der Waals surface area contributed by atoms with E-state index in [1.165, 1.54) is 12.1 Å². The van der Waals surface area contributed by atoms with Crippen LogP contribution in [0.1, 0.15) is 10.4 Å². The first-order chi connectivity index (χ1) is 7.80. The summed E-state index contributed by atoms with van der Waals surface area (Å²) in [5.41, 5.74) is 0.818. The molecule has 1 heterocycles. The zero-order valence-electron chi connectivity index (χ0n) is 8.90. The van der Waals surface area contributed by atoms with Gasteiger partial charge in [-0.2, -0.15) is 0 Å². The molecule has 0 unspecified atom stereocenters. The lowest BCUT2D eigenvalue weighted by atomic mass is 10.1. The maximum atomic E-state index is 11.6. The Kier molecular flexibility index (Phi) is 2.76. The summed E-state index contributed by atoms with van der Waals surface area (Å²) in [5.74, 6) is -0.348. The summed E-state index contributed by atoms with van der Waals surface area (Å²) < 4.78 is 22.6. The number of hydrogen-bond donors (Lipinski definition) is 2. The number of hydrogen-bond acceptors (Lipinski definition) is 4. The molecule has 0 saturated carbocycles. The largest absolute Gasteiger partial charge is 0.356 e. The SMILES string of the molecule is CN1CNC(=O)c2cc(S(N)(=O)=O)c(Cl)cc21. The van der Waals surface area contributed by atoms with E-state index >= 15 is 0 Å². The Labute approximate surface area is 103 Å². The van der Waals surface area contributed by atoms with E-state index < -0.39 is 10.0 Å². The normalized spacial score (nSPS) is 15.5. The summed E-state index contributed by atoms with van der Waals surface area (Å²) in [6, 6.07) is 2.62. The van der Waals surface area contributed by atoms with Crippen molar-refractivity contribution in [1.29, 1.82) is 0 Å². The second-order valence-electron chi connectivity index (χ2n) is 3.71. The van der Waals surface area contributed by atoms with Gasteiger partial charge < -0.3 is 10.2 Å². The lowest BCUT2D eigenvalue weighted by Gasteiger charge is -2.28. The van der Waals surface area contributed by atoms with Crippen molar-refractivity contribution < 1.29 is 13.2 Å². The van der Waals surface area contributed by atoms with E-state index in [0.717, 1.165) is 0 Å². The first-order valence-electron chi connectivity index (χ1n) is 4.66. The van der Waals surface area contributed by atoms with Crippen molar-refractivity contribution in [3.05, 3.63) is 22.7 Å². The molecule has 0 aliphatic carbocycles.